The predicted molar refractivity (Wildman–Crippen MR) is 118 cm³/mol. The van der Waals surface area contributed by atoms with Crippen molar-refractivity contribution in [1.29, 1.82) is 5.26 Å². The van der Waals surface area contributed by atoms with E-state index in [1.54, 1.807) is 13.1 Å². The minimum atomic E-state index is -1.06. The highest BCUT2D eigenvalue weighted by molar-refractivity contribution is 6.07. The first-order chi connectivity index (χ1) is 14.9. The number of carbonyl (C=O) groups is 1. The first kappa shape index (κ1) is 19.6. The van der Waals surface area contributed by atoms with Crippen molar-refractivity contribution in [2.75, 3.05) is 7.05 Å². The van der Waals surface area contributed by atoms with Gasteiger partial charge in [-0.05, 0) is 60.6 Å². The second-order valence-electron chi connectivity index (χ2n) is 9.08. The lowest BCUT2D eigenvalue weighted by atomic mass is 9.74. The van der Waals surface area contributed by atoms with E-state index in [1.807, 2.05) is 36.4 Å². The average Bonchev–Trinajstić information content (AvgIpc) is 3.28. The molecular formula is C25H26N4O2. The van der Waals surface area contributed by atoms with Gasteiger partial charge in [-0.1, -0.05) is 31.5 Å². The van der Waals surface area contributed by atoms with Crippen LogP contribution in [0.5, 0.6) is 5.75 Å². The summed E-state index contributed by atoms with van der Waals surface area (Å²) in [5, 5.41) is 9.27. The third-order valence-electron chi connectivity index (χ3n) is 7.21. The Hall–Kier alpha value is -3.33. The molecule has 3 unspecified atom stereocenters. The molecule has 0 bridgehead atoms. The molecule has 2 aromatic carbocycles. The van der Waals surface area contributed by atoms with Crippen molar-refractivity contribution < 1.29 is 9.53 Å². The lowest BCUT2D eigenvalue weighted by molar-refractivity contribution is -0.134. The van der Waals surface area contributed by atoms with E-state index in [0.717, 1.165) is 42.4 Å². The van der Waals surface area contributed by atoms with Crippen LogP contribution in [-0.2, 0) is 10.3 Å². The number of nitriles is 1. The van der Waals surface area contributed by atoms with Gasteiger partial charge in [0.05, 0.1) is 11.6 Å². The van der Waals surface area contributed by atoms with Gasteiger partial charge in [0.25, 0.3) is 5.91 Å². The minimum Gasteiger partial charge on any atom is -0.487 e. The number of hydrogen-bond acceptors (Lipinski definition) is 5. The highest BCUT2D eigenvalue weighted by Crippen LogP contribution is 2.55. The number of guanidine groups is 1. The van der Waals surface area contributed by atoms with Crippen LogP contribution in [0.25, 0.3) is 11.1 Å². The van der Waals surface area contributed by atoms with Gasteiger partial charge >= 0.3 is 0 Å². The number of rotatable bonds is 2. The molecule has 0 radical (unpaired) electrons. The van der Waals surface area contributed by atoms with Gasteiger partial charge in [-0.15, -0.1) is 0 Å². The third-order valence-corrected chi connectivity index (χ3v) is 7.21. The quantitative estimate of drug-likeness (QED) is 0.806. The first-order valence-electron chi connectivity index (χ1n) is 10.9. The molecule has 2 N–H and O–H groups in total. The van der Waals surface area contributed by atoms with Gasteiger partial charge in [-0.2, -0.15) is 5.26 Å². The van der Waals surface area contributed by atoms with E-state index in [2.05, 4.69) is 13.0 Å². The molecular weight excluding hydrogens is 388 g/mol. The molecule has 1 fully saturated rings. The summed E-state index contributed by atoms with van der Waals surface area (Å²) in [7, 11) is 1.68. The second-order valence-corrected chi connectivity index (χ2v) is 9.08. The summed E-state index contributed by atoms with van der Waals surface area (Å²) < 4.78 is 6.62. The van der Waals surface area contributed by atoms with E-state index < -0.39 is 5.54 Å². The molecule has 31 heavy (non-hydrogen) atoms. The molecule has 1 saturated carbocycles. The van der Waals surface area contributed by atoms with Crippen LogP contribution in [0.1, 0.15) is 50.2 Å². The highest BCUT2D eigenvalue weighted by atomic mass is 16.5. The minimum absolute atomic E-state index is 0.100. The molecule has 1 amide bonds. The van der Waals surface area contributed by atoms with E-state index in [9.17, 15) is 10.1 Å². The van der Waals surface area contributed by atoms with Crippen molar-refractivity contribution in [3.63, 3.8) is 0 Å². The molecule has 2 spiro atoms. The molecule has 1 aliphatic carbocycles. The molecule has 0 saturated heterocycles. The molecule has 5 rings (SSSR count). The number of nitrogens with zero attached hydrogens (tertiary/aromatic N) is 3. The molecule has 6 nitrogen and oxygen atoms in total. The maximum Gasteiger partial charge on any atom is 0.261 e. The lowest BCUT2D eigenvalue weighted by Crippen LogP contribution is -2.50. The van der Waals surface area contributed by atoms with Gasteiger partial charge in [0.1, 0.15) is 11.4 Å². The van der Waals surface area contributed by atoms with Crippen LogP contribution in [0.4, 0.5) is 0 Å². The number of nitrogens with two attached hydrogens (primary N) is 1. The van der Waals surface area contributed by atoms with E-state index in [-0.39, 0.29) is 17.5 Å². The monoisotopic (exact) mass is 414 g/mol. The molecule has 3 atom stereocenters. The number of benzene rings is 2. The number of fused-ring (bicyclic) bond motifs is 2. The van der Waals surface area contributed by atoms with Crippen molar-refractivity contribution >= 4 is 11.9 Å². The largest absolute Gasteiger partial charge is 0.487 e. The Bertz CT molecular complexity index is 1150. The molecule has 158 valence electrons. The number of likely N-dealkylation sites (N-methyl/N-ethyl adjacent to an activating group) is 1. The zero-order chi connectivity index (χ0) is 21.8. The van der Waals surface area contributed by atoms with E-state index >= 15 is 0 Å². The molecule has 2 aromatic rings. The SMILES string of the molecule is CCC1CCC2(C1)CC1(N=C(N)N(C)C1=O)c1cc(-c3cccc(C#N)c3)ccc1O2. The first-order valence-corrected chi connectivity index (χ1v) is 10.9. The van der Waals surface area contributed by atoms with Gasteiger partial charge in [0.2, 0.25) is 0 Å². The number of ether oxygens (including phenoxy) is 1. The summed E-state index contributed by atoms with van der Waals surface area (Å²) in [6, 6.07) is 15.6. The standard InChI is InChI=1S/C25H26N4O2/c1-3-16-9-10-24(13-16)15-25(22(30)29(2)23(27)28-25)20-12-19(7-8-21(20)31-24)18-6-4-5-17(11-18)14-26/h4-8,11-12,16H,3,9-10,13,15H2,1-2H3,(H2,27,28). The number of amides is 1. The van der Waals surface area contributed by atoms with Crippen molar-refractivity contribution in [2.24, 2.45) is 16.6 Å². The smallest absolute Gasteiger partial charge is 0.261 e. The Labute approximate surface area is 182 Å². The van der Waals surface area contributed by atoms with Crippen LogP contribution < -0.4 is 10.5 Å². The fraction of sp³-hybridized carbons (Fsp3) is 0.400. The van der Waals surface area contributed by atoms with Gasteiger partial charge in [-0.3, -0.25) is 9.69 Å². The van der Waals surface area contributed by atoms with Crippen molar-refractivity contribution in [2.45, 2.75) is 50.2 Å². The maximum atomic E-state index is 13.5. The summed E-state index contributed by atoms with van der Waals surface area (Å²) in [6.45, 7) is 2.21. The molecule has 0 aromatic heterocycles. The number of aliphatic imine (C=N–C) groups is 1. The number of carbonyl (C=O) groups excluding carboxylic acids is 1. The van der Waals surface area contributed by atoms with Crippen LogP contribution >= 0.6 is 0 Å². The normalized spacial score (nSPS) is 29.1. The molecule has 2 heterocycles. The zero-order valence-electron chi connectivity index (χ0n) is 17.9. The highest BCUT2D eigenvalue weighted by Gasteiger charge is 2.59. The van der Waals surface area contributed by atoms with E-state index in [4.69, 9.17) is 15.5 Å². The van der Waals surface area contributed by atoms with Gasteiger partial charge < -0.3 is 10.5 Å². The van der Waals surface area contributed by atoms with Gasteiger partial charge in [-0.25, -0.2) is 4.99 Å². The molecule has 6 heteroatoms. The second kappa shape index (κ2) is 6.84. The maximum absolute atomic E-state index is 13.5. The van der Waals surface area contributed by atoms with E-state index in [0.29, 0.717) is 23.7 Å². The van der Waals surface area contributed by atoms with E-state index in [1.165, 1.54) is 4.90 Å². The lowest BCUT2D eigenvalue weighted by Gasteiger charge is -2.43. The fourth-order valence-electron chi connectivity index (χ4n) is 5.51. The zero-order valence-corrected chi connectivity index (χ0v) is 17.9. The van der Waals surface area contributed by atoms with Crippen molar-refractivity contribution in [3.05, 3.63) is 53.6 Å². The number of hydrogen-bond donors (Lipinski definition) is 1. The average molecular weight is 415 g/mol. The summed E-state index contributed by atoms with van der Waals surface area (Å²) in [5.74, 6) is 1.46. The van der Waals surface area contributed by atoms with Crippen LogP contribution in [0, 0.1) is 17.2 Å². The molecule has 3 aliphatic rings. The third kappa shape index (κ3) is 2.91. The Morgan fingerprint density at radius 1 is 1.29 bits per heavy atom. The Morgan fingerprint density at radius 3 is 2.77 bits per heavy atom. The summed E-state index contributed by atoms with van der Waals surface area (Å²) in [6.07, 6.45) is 4.58. The predicted octanol–water partition coefficient (Wildman–Crippen LogP) is 3.94. The van der Waals surface area contributed by atoms with Crippen LogP contribution in [0.3, 0.4) is 0 Å². The van der Waals surface area contributed by atoms with Crippen LogP contribution in [-0.4, -0.2) is 29.4 Å². The summed E-state index contributed by atoms with van der Waals surface area (Å²) in [5.41, 5.74) is 7.88. The Kier molecular flexibility index (Phi) is 4.33. The molecule has 2 aliphatic heterocycles. The van der Waals surface area contributed by atoms with Gasteiger partial charge in [0, 0.05) is 19.0 Å². The van der Waals surface area contributed by atoms with Crippen LogP contribution in [0.15, 0.2) is 47.5 Å². The topological polar surface area (TPSA) is 91.7 Å². The van der Waals surface area contributed by atoms with Crippen molar-refractivity contribution in [3.8, 4) is 22.9 Å². The Balaban J connectivity index is 1.66. The van der Waals surface area contributed by atoms with Crippen LogP contribution in [0.2, 0.25) is 0 Å². The summed E-state index contributed by atoms with van der Waals surface area (Å²) in [4.78, 5) is 19.7. The Morgan fingerprint density at radius 2 is 2.10 bits per heavy atom. The van der Waals surface area contributed by atoms with Gasteiger partial charge in [0.15, 0.2) is 11.5 Å². The summed E-state index contributed by atoms with van der Waals surface area (Å²) >= 11 is 0. The van der Waals surface area contributed by atoms with Crippen molar-refractivity contribution in [1.82, 2.24) is 4.90 Å². The fourth-order valence-corrected chi connectivity index (χ4v) is 5.51.